The quantitative estimate of drug-likeness (QED) is 0.559. The minimum Gasteiger partial charge on any atom is -0.362 e. The first-order chi connectivity index (χ1) is 12.6. The fourth-order valence-corrected chi connectivity index (χ4v) is 2.43. The second-order valence-electron chi connectivity index (χ2n) is 5.99. The molecule has 0 saturated heterocycles. The normalized spacial score (nSPS) is 10.2. The lowest BCUT2D eigenvalue weighted by Crippen LogP contribution is -2.05. The van der Waals surface area contributed by atoms with E-state index in [2.05, 4.69) is 81.2 Å². The summed E-state index contributed by atoms with van der Waals surface area (Å²) in [6, 6.07) is 17.1. The van der Waals surface area contributed by atoms with Gasteiger partial charge in [0.2, 0.25) is 0 Å². The number of hydrogen-bond acceptors (Lipinski definition) is 1. The summed E-state index contributed by atoms with van der Waals surface area (Å²) >= 11 is 0. The molecule has 0 spiro atoms. The highest BCUT2D eigenvalue weighted by atomic mass is 14.8. The molecule has 0 radical (unpaired) electrons. The van der Waals surface area contributed by atoms with E-state index in [1.54, 1.807) is 6.20 Å². The minimum absolute atomic E-state index is 0.638. The Kier molecular flexibility index (Phi) is 12.7. The van der Waals surface area contributed by atoms with Gasteiger partial charge in [0.25, 0.3) is 0 Å². The van der Waals surface area contributed by atoms with Gasteiger partial charge in [-0.2, -0.15) is 0 Å². The number of nitrogens with one attached hydrogen (secondary N) is 1. The summed E-state index contributed by atoms with van der Waals surface area (Å²) in [4.78, 5) is 0. The molecule has 1 nitrogen and oxygen atoms in total. The molecule has 0 atom stereocenters. The molecule has 0 amide bonds. The van der Waals surface area contributed by atoms with Crippen molar-refractivity contribution < 1.29 is 0 Å². The zero-order valence-corrected chi connectivity index (χ0v) is 17.8. The molecule has 0 unspecified atom stereocenters. The summed E-state index contributed by atoms with van der Waals surface area (Å²) in [5, 5.41) is 3.30. The molecule has 1 heteroatoms. The van der Waals surface area contributed by atoms with E-state index in [9.17, 15) is 0 Å². The van der Waals surface area contributed by atoms with Crippen molar-refractivity contribution in [1.82, 2.24) is 5.32 Å². The molecule has 1 N–H and O–H groups in total. The minimum atomic E-state index is 0.638. The summed E-state index contributed by atoms with van der Waals surface area (Å²) in [5.74, 6) is 0.638. The van der Waals surface area contributed by atoms with Crippen LogP contribution >= 0.6 is 0 Å². The third kappa shape index (κ3) is 7.74. The van der Waals surface area contributed by atoms with Crippen molar-refractivity contribution in [2.24, 2.45) is 5.92 Å². The summed E-state index contributed by atoms with van der Waals surface area (Å²) < 4.78 is 0. The first-order valence-electron chi connectivity index (χ1n) is 9.86. The van der Waals surface area contributed by atoms with Crippen LogP contribution in [0.4, 0.5) is 0 Å². The predicted molar refractivity (Wildman–Crippen MR) is 120 cm³/mol. The molecule has 0 heterocycles. The van der Waals surface area contributed by atoms with E-state index in [0.29, 0.717) is 5.92 Å². The molecule has 142 valence electrons. The van der Waals surface area contributed by atoms with Crippen molar-refractivity contribution in [2.45, 2.75) is 54.9 Å². The zero-order valence-electron chi connectivity index (χ0n) is 17.8. The number of allylic oxidation sites excluding steroid dienone is 1. The SMILES string of the molecule is C=CN/C(=C\CC(C)C)c1cc(-c2ccccc2)ccc1C.CC.CC. The average molecular weight is 352 g/mol. The molecular formula is C25H37N. The molecule has 0 aliphatic heterocycles. The molecule has 0 saturated carbocycles. The first kappa shape index (κ1) is 23.7. The van der Waals surface area contributed by atoms with Gasteiger partial charge in [-0.15, -0.1) is 0 Å². The van der Waals surface area contributed by atoms with Crippen molar-refractivity contribution in [1.29, 1.82) is 0 Å². The summed E-state index contributed by atoms with van der Waals surface area (Å²) in [6.45, 7) is 18.4. The molecule has 2 rings (SSSR count). The Balaban J connectivity index is 0.00000146. The van der Waals surface area contributed by atoms with Crippen LogP contribution in [-0.2, 0) is 0 Å². The van der Waals surface area contributed by atoms with Crippen molar-refractivity contribution in [3.63, 3.8) is 0 Å². The van der Waals surface area contributed by atoms with Gasteiger partial charge in [0.1, 0.15) is 0 Å². The van der Waals surface area contributed by atoms with Gasteiger partial charge in [-0.25, -0.2) is 0 Å². The molecule has 0 aliphatic carbocycles. The highest BCUT2D eigenvalue weighted by Crippen LogP contribution is 2.26. The van der Waals surface area contributed by atoms with Gasteiger partial charge >= 0.3 is 0 Å². The molecular weight excluding hydrogens is 314 g/mol. The fourth-order valence-electron chi connectivity index (χ4n) is 2.43. The second-order valence-corrected chi connectivity index (χ2v) is 5.99. The van der Waals surface area contributed by atoms with Crippen molar-refractivity contribution >= 4 is 5.70 Å². The van der Waals surface area contributed by atoms with Crippen LogP contribution in [0.25, 0.3) is 16.8 Å². The van der Waals surface area contributed by atoms with E-state index in [0.717, 1.165) is 12.1 Å². The van der Waals surface area contributed by atoms with E-state index in [-0.39, 0.29) is 0 Å². The van der Waals surface area contributed by atoms with E-state index in [1.807, 2.05) is 33.8 Å². The monoisotopic (exact) mass is 351 g/mol. The smallest absolute Gasteiger partial charge is 0.0415 e. The zero-order chi connectivity index (χ0) is 19.9. The maximum Gasteiger partial charge on any atom is 0.0415 e. The maximum atomic E-state index is 3.81. The van der Waals surface area contributed by atoms with Crippen molar-refractivity contribution in [3.05, 3.63) is 78.5 Å². The molecule has 0 aromatic heterocycles. The highest BCUT2D eigenvalue weighted by Gasteiger charge is 2.07. The molecule has 26 heavy (non-hydrogen) atoms. The van der Waals surface area contributed by atoms with Gasteiger partial charge in [0, 0.05) is 11.3 Å². The Morgan fingerprint density at radius 3 is 2.12 bits per heavy atom. The number of benzene rings is 2. The van der Waals surface area contributed by atoms with Crippen LogP contribution in [0.2, 0.25) is 0 Å². The van der Waals surface area contributed by atoms with Gasteiger partial charge in [-0.05, 0) is 48.2 Å². The standard InChI is InChI=1S/C21H25N.2C2H6/c1-5-22-21(14-11-16(2)3)20-15-19(13-12-17(20)4)18-9-7-6-8-10-18;2*1-2/h5-10,12-16,22H,1,11H2,2-4H3;2*1-2H3/b21-14-;;. The fraction of sp³-hybridized carbons (Fsp3) is 0.360. The Labute approximate surface area is 161 Å². The lowest BCUT2D eigenvalue weighted by Gasteiger charge is -2.14. The van der Waals surface area contributed by atoms with Crippen molar-refractivity contribution in [2.75, 3.05) is 0 Å². The first-order valence-corrected chi connectivity index (χ1v) is 9.86. The van der Waals surface area contributed by atoms with Gasteiger partial charge < -0.3 is 5.32 Å². The van der Waals surface area contributed by atoms with Crippen LogP contribution in [0.3, 0.4) is 0 Å². The Bertz CT molecular complexity index is 651. The molecule has 0 fully saturated rings. The maximum absolute atomic E-state index is 3.81. The van der Waals surface area contributed by atoms with E-state index in [4.69, 9.17) is 0 Å². The molecule has 2 aromatic carbocycles. The highest BCUT2D eigenvalue weighted by molar-refractivity contribution is 5.74. The van der Waals surface area contributed by atoms with Crippen LogP contribution in [0.5, 0.6) is 0 Å². The number of rotatable bonds is 6. The van der Waals surface area contributed by atoms with Gasteiger partial charge in [-0.1, -0.05) is 96.7 Å². The van der Waals surface area contributed by atoms with Crippen LogP contribution < -0.4 is 5.32 Å². The van der Waals surface area contributed by atoms with E-state index >= 15 is 0 Å². The molecule has 0 aliphatic rings. The molecule has 0 bridgehead atoms. The van der Waals surface area contributed by atoms with Crippen LogP contribution in [0.15, 0.2) is 67.4 Å². The number of aryl methyl sites for hydroxylation is 1. The average Bonchev–Trinajstić information content (AvgIpc) is 2.69. The largest absolute Gasteiger partial charge is 0.362 e. The lowest BCUT2D eigenvalue weighted by molar-refractivity contribution is 0.663. The Hall–Kier alpha value is -2.28. The Morgan fingerprint density at radius 2 is 1.58 bits per heavy atom. The van der Waals surface area contributed by atoms with E-state index in [1.165, 1.54) is 22.3 Å². The summed E-state index contributed by atoms with van der Waals surface area (Å²) in [7, 11) is 0. The Morgan fingerprint density at radius 1 is 0.962 bits per heavy atom. The van der Waals surface area contributed by atoms with Gasteiger partial charge in [0.15, 0.2) is 0 Å². The summed E-state index contributed by atoms with van der Waals surface area (Å²) in [5.41, 5.74) is 6.12. The second kappa shape index (κ2) is 13.9. The van der Waals surface area contributed by atoms with Crippen molar-refractivity contribution in [3.8, 4) is 11.1 Å². The lowest BCUT2D eigenvalue weighted by atomic mass is 9.97. The van der Waals surface area contributed by atoms with Crippen LogP contribution in [-0.4, -0.2) is 0 Å². The predicted octanol–water partition coefficient (Wildman–Crippen LogP) is 7.83. The molecule has 2 aromatic rings. The topological polar surface area (TPSA) is 12.0 Å². The van der Waals surface area contributed by atoms with Gasteiger partial charge in [-0.3, -0.25) is 0 Å². The third-order valence-electron chi connectivity index (χ3n) is 3.69. The summed E-state index contributed by atoms with van der Waals surface area (Å²) in [6.07, 6.45) is 5.06. The van der Waals surface area contributed by atoms with Crippen LogP contribution in [0.1, 0.15) is 59.1 Å². The van der Waals surface area contributed by atoms with Crippen LogP contribution in [0, 0.1) is 12.8 Å². The van der Waals surface area contributed by atoms with E-state index < -0.39 is 0 Å². The third-order valence-corrected chi connectivity index (χ3v) is 3.69. The van der Waals surface area contributed by atoms with Gasteiger partial charge in [0.05, 0.1) is 0 Å². The number of hydrogen-bond donors (Lipinski definition) is 1.